The van der Waals surface area contributed by atoms with Crippen molar-refractivity contribution in [2.75, 3.05) is 19.6 Å². The van der Waals surface area contributed by atoms with Gasteiger partial charge in [-0.2, -0.15) is 0 Å². The molecule has 1 aromatic carbocycles. The molecule has 2 nitrogen and oxygen atoms in total. The molecular weight excluding hydrogens is 222 g/mol. The number of piperidine rings is 1. The smallest absolute Gasteiger partial charge is 0.0946 e. The third-order valence-corrected chi connectivity index (χ3v) is 3.97. The van der Waals surface area contributed by atoms with Crippen molar-refractivity contribution in [2.45, 2.75) is 32.8 Å². The van der Waals surface area contributed by atoms with Crippen LogP contribution in [-0.4, -0.2) is 29.6 Å². The molecule has 0 aliphatic carbocycles. The minimum absolute atomic E-state index is 0.271. The Morgan fingerprint density at radius 1 is 1.33 bits per heavy atom. The largest absolute Gasteiger partial charge is 0.385 e. The first kappa shape index (κ1) is 13.6. The molecule has 1 fully saturated rings. The van der Waals surface area contributed by atoms with E-state index in [-0.39, 0.29) is 5.92 Å². The Balaban J connectivity index is 2.09. The quantitative estimate of drug-likeness (QED) is 0.886. The highest BCUT2D eigenvalue weighted by molar-refractivity contribution is 5.24. The van der Waals surface area contributed by atoms with Crippen LogP contribution in [0.2, 0.25) is 0 Å². The lowest BCUT2D eigenvalue weighted by molar-refractivity contribution is -0.0701. The minimum atomic E-state index is -0.653. The Labute approximate surface area is 111 Å². The minimum Gasteiger partial charge on any atom is -0.385 e. The number of aliphatic hydroxyl groups is 1. The number of nitrogens with zero attached hydrogens (tertiary/aromatic N) is 1. The SMILES string of the molecule is C[C](C)CN1CCC(O)(c2ccccc2)C(C)C1. The number of benzene rings is 1. The predicted molar refractivity (Wildman–Crippen MR) is 75.2 cm³/mol. The van der Waals surface area contributed by atoms with Crippen molar-refractivity contribution in [2.24, 2.45) is 5.92 Å². The van der Waals surface area contributed by atoms with Crippen molar-refractivity contribution in [3.63, 3.8) is 0 Å². The second kappa shape index (κ2) is 5.41. The third kappa shape index (κ3) is 2.76. The summed E-state index contributed by atoms with van der Waals surface area (Å²) in [5, 5.41) is 10.9. The van der Waals surface area contributed by atoms with E-state index in [4.69, 9.17) is 0 Å². The van der Waals surface area contributed by atoms with E-state index in [1.165, 1.54) is 5.92 Å². The molecule has 1 saturated heterocycles. The van der Waals surface area contributed by atoms with Crippen LogP contribution in [0.3, 0.4) is 0 Å². The van der Waals surface area contributed by atoms with Crippen molar-refractivity contribution >= 4 is 0 Å². The lowest BCUT2D eigenvalue weighted by atomic mass is 9.77. The normalized spacial score (nSPS) is 29.7. The van der Waals surface area contributed by atoms with Gasteiger partial charge in [0.25, 0.3) is 0 Å². The highest BCUT2D eigenvalue weighted by Gasteiger charge is 2.39. The van der Waals surface area contributed by atoms with Crippen LogP contribution in [0.5, 0.6) is 0 Å². The molecule has 0 amide bonds. The summed E-state index contributed by atoms with van der Waals surface area (Å²) in [6.45, 7) is 9.49. The highest BCUT2D eigenvalue weighted by Crippen LogP contribution is 2.37. The summed E-state index contributed by atoms with van der Waals surface area (Å²) in [6.07, 6.45) is 0.825. The fraction of sp³-hybridized carbons (Fsp3) is 0.562. The van der Waals surface area contributed by atoms with Gasteiger partial charge in [-0.25, -0.2) is 0 Å². The monoisotopic (exact) mass is 246 g/mol. The van der Waals surface area contributed by atoms with E-state index < -0.39 is 5.60 Å². The fourth-order valence-electron chi connectivity index (χ4n) is 2.95. The molecule has 1 radical (unpaired) electrons. The number of hydrogen-bond donors (Lipinski definition) is 1. The van der Waals surface area contributed by atoms with Gasteiger partial charge in [-0.1, -0.05) is 51.1 Å². The zero-order valence-electron chi connectivity index (χ0n) is 11.7. The van der Waals surface area contributed by atoms with Crippen LogP contribution >= 0.6 is 0 Å². The molecule has 0 spiro atoms. The topological polar surface area (TPSA) is 23.5 Å². The van der Waals surface area contributed by atoms with Crippen molar-refractivity contribution in [3.05, 3.63) is 41.8 Å². The molecule has 1 aromatic rings. The van der Waals surface area contributed by atoms with Crippen LogP contribution in [-0.2, 0) is 5.60 Å². The number of likely N-dealkylation sites (tertiary alicyclic amines) is 1. The molecule has 1 aliphatic rings. The highest BCUT2D eigenvalue weighted by atomic mass is 16.3. The van der Waals surface area contributed by atoms with E-state index in [0.29, 0.717) is 0 Å². The summed E-state index contributed by atoms with van der Waals surface area (Å²) in [5.41, 5.74) is 0.411. The van der Waals surface area contributed by atoms with Crippen molar-refractivity contribution in [1.82, 2.24) is 4.90 Å². The van der Waals surface area contributed by atoms with Gasteiger partial charge < -0.3 is 10.0 Å². The second-order valence-electron chi connectivity index (χ2n) is 5.88. The van der Waals surface area contributed by atoms with Gasteiger partial charge in [0.2, 0.25) is 0 Å². The average molecular weight is 246 g/mol. The van der Waals surface area contributed by atoms with Crippen molar-refractivity contribution in [1.29, 1.82) is 0 Å². The van der Waals surface area contributed by atoms with Gasteiger partial charge >= 0.3 is 0 Å². The molecule has 2 unspecified atom stereocenters. The molecule has 2 heteroatoms. The third-order valence-electron chi connectivity index (χ3n) is 3.97. The van der Waals surface area contributed by atoms with Gasteiger partial charge in [0.15, 0.2) is 0 Å². The van der Waals surface area contributed by atoms with E-state index in [0.717, 1.165) is 31.6 Å². The molecular formula is C16H24NO. The fourth-order valence-corrected chi connectivity index (χ4v) is 2.95. The molecule has 1 heterocycles. The van der Waals surface area contributed by atoms with Gasteiger partial charge in [0.05, 0.1) is 5.60 Å². The molecule has 1 N–H and O–H groups in total. The van der Waals surface area contributed by atoms with Crippen molar-refractivity contribution < 1.29 is 5.11 Å². The Morgan fingerprint density at radius 3 is 2.56 bits per heavy atom. The number of hydrogen-bond acceptors (Lipinski definition) is 2. The van der Waals surface area contributed by atoms with Crippen LogP contribution < -0.4 is 0 Å². The van der Waals surface area contributed by atoms with Gasteiger partial charge in [-0.05, 0) is 17.9 Å². The van der Waals surface area contributed by atoms with Gasteiger partial charge in [0.1, 0.15) is 0 Å². The first-order valence-corrected chi connectivity index (χ1v) is 6.81. The van der Waals surface area contributed by atoms with Gasteiger partial charge in [-0.15, -0.1) is 0 Å². The van der Waals surface area contributed by atoms with Gasteiger partial charge in [-0.3, -0.25) is 0 Å². The lowest BCUT2D eigenvalue weighted by Crippen LogP contribution is -2.49. The van der Waals surface area contributed by atoms with Gasteiger partial charge in [0, 0.05) is 25.6 Å². The number of rotatable bonds is 3. The summed E-state index contributed by atoms with van der Waals surface area (Å²) < 4.78 is 0. The molecule has 0 aromatic heterocycles. The molecule has 1 aliphatic heterocycles. The zero-order chi connectivity index (χ0) is 13.2. The maximum Gasteiger partial charge on any atom is 0.0946 e. The predicted octanol–water partition coefficient (Wildman–Crippen LogP) is 2.83. The van der Waals surface area contributed by atoms with Crippen LogP contribution in [0.4, 0.5) is 0 Å². The maximum absolute atomic E-state index is 10.9. The van der Waals surface area contributed by atoms with E-state index >= 15 is 0 Å². The summed E-state index contributed by atoms with van der Waals surface area (Å²) in [6, 6.07) is 10.1. The maximum atomic E-state index is 10.9. The molecule has 99 valence electrons. The molecule has 2 rings (SSSR count). The van der Waals surface area contributed by atoms with Crippen LogP contribution in [0.15, 0.2) is 30.3 Å². The lowest BCUT2D eigenvalue weighted by Gasteiger charge is -2.44. The van der Waals surface area contributed by atoms with E-state index in [1.54, 1.807) is 0 Å². The van der Waals surface area contributed by atoms with E-state index in [1.807, 2.05) is 30.3 Å². The Bertz CT molecular complexity index is 376. The Kier molecular flexibility index (Phi) is 4.08. The zero-order valence-corrected chi connectivity index (χ0v) is 11.7. The molecule has 18 heavy (non-hydrogen) atoms. The van der Waals surface area contributed by atoms with E-state index in [9.17, 15) is 5.11 Å². The standard InChI is InChI=1S/C16H24NO/c1-13(2)11-17-10-9-16(18,14(3)12-17)15-7-5-4-6-8-15/h4-8,14,18H,9-12H2,1-3H3. The Hall–Kier alpha value is -0.860. The van der Waals surface area contributed by atoms with E-state index in [2.05, 4.69) is 25.7 Å². The summed E-state index contributed by atoms with van der Waals surface area (Å²) >= 11 is 0. The Morgan fingerprint density at radius 2 is 2.00 bits per heavy atom. The second-order valence-corrected chi connectivity index (χ2v) is 5.88. The summed E-state index contributed by atoms with van der Waals surface area (Å²) in [7, 11) is 0. The molecule has 0 saturated carbocycles. The van der Waals surface area contributed by atoms with Crippen LogP contribution in [0.1, 0.15) is 32.8 Å². The first-order valence-electron chi connectivity index (χ1n) is 6.81. The van der Waals surface area contributed by atoms with Crippen LogP contribution in [0, 0.1) is 11.8 Å². The van der Waals surface area contributed by atoms with Crippen molar-refractivity contribution in [3.8, 4) is 0 Å². The average Bonchev–Trinajstić information content (AvgIpc) is 2.34. The first-order chi connectivity index (χ1) is 8.52. The summed E-state index contributed by atoms with van der Waals surface area (Å²) in [4.78, 5) is 2.44. The molecule has 2 atom stereocenters. The summed E-state index contributed by atoms with van der Waals surface area (Å²) in [5.74, 6) is 1.71. The van der Waals surface area contributed by atoms with Crippen LogP contribution in [0.25, 0.3) is 0 Å². The molecule has 0 bridgehead atoms.